The maximum atomic E-state index is 4.66. The highest BCUT2D eigenvalue weighted by atomic mass is 15.2. The summed E-state index contributed by atoms with van der Waals surface area (Å²) in [7, 11) is 2.20. The number of hydrogen-bond acceptors (Lipinski definition) is 3. The third-order valence-corrected chi connectivity index (χ3v) is 4.95. The van der Waals surface area contributed by atoms with Crippen LogP contribution < -0.4 is 4.90 Å². The second kappa shape index (κ2) is 8.30. The molecule has 1 aliphatic heterocycles. The Morgan fingerprint density at radius 1 is 1.12 bits per heavy atom. The lowest BCUT2D eigenvalue weighted by atomic mass is 10.0. The summed E-state index contributed by atoms with van der Waals surface area (Å²) in [6, 6.07) is 15.5. The average molecular weight is 335 g/mol. The Kier molecular flexibility index (Phi) is 5.87. The Morgan fingerprint density at radius 3 is 2.52 bits per heavy atom. The lowest BCUT2D eigenvalue weighted by molar-refractivity contribution is 0.203. The van der Waals surface area contributed by atoms with E-state index in [0.29, 0.717) is 6.04 Å². The minimum Gasteiger partial charge on any atom is -0.356 e. The van der Waals surface area contributed by atoms with Crippen LogP contribution in [0.5, 0.6) is 0 Å². The lowest BCUT2D eigenvalue weighted by Gasteiger charge is -2.37. The van der Waals surface area contributed by atoms with Crippen molar-refractivity contribution in [1.29, 1.82) is 0 Å². The summed E-state index contributed by atoms with van der Waals surface area (Å²) >= 11 is 0. The van der Waals surface area contributed by atoms with E-state index < -0.39 is 0 Å². The fraction of sp³-hybridized carbons (Fsp3) is 0.409. The quantitative estimate of drug-likeness (QED) is 0.796. The van der Waals surface area contributed by atoms with E-state index in [1.54, 1.807) is 0 Å². The molecule has 25 heavy (non-hydrogen) atoms. The minimum atomic E-state index is 0.561. The molecule has 0 N–H and O–H groups in total. The normalized spacial score (nSPS) is 15.8. The van der Waals surface area contributed by atoms with E-state index in [1.807, 2.05) is 12.3 Å². The van der Waals surface area contributed by atoms with Gasteiger partial charge in [-0.25, -0.2) is 4.98 Å². The van der Waals surface area contributed by atoms with E-state index in [-0.39, 0.29) is 0 Å². The summed E-state index contributed by atoms with van der Waals surface area (Å²) in [5.41, 5.74) is 3.93. The number of rotatable bonds is 5. The van der Waals surface area contributed by atoms with Gasteiger partial charge in [-0.15, -0.1) is 0 Å². The molecule has 3 heteroatoms. The molecule has 0 spiro atoms. The van der Waals surface area contributed by atoms with Crippen molar-refractivity contribution in [1.82, 2.24) is 9.88 Å². The zero-order chi connectivity index (χ0) is 17.6. The second-order valence-electron chi connectivity index (χ2n) is 7.24. The van der Waals surface area contributed by atoms with E-state index in [9.17, 15) is 0 Å². The van der Waals surface area contributed by atoms with Gasteiger partial charge in [-0.05, 0) is 44.4 Å². The number of likely N-dealkylation sites (tertiary alicyclic amines) is 1. The molecule has 0 aliphatic carbocycles. The molecule has 1 aliphatic rings. The van der Waals surface area contributed by atoms with Gasteiger partial charge >= 0.3 is 0 Å². The van der Waals surface area contributed by atoms with Gasteiger partial charge in [0.25, 0.3) is 0 Å². The fourth-order valence-corrected chi connectivity index (χ4v) is 3.61. The lowest BCUT2D eigenvalue weighted by Crippen LogP contribution is -2.43. The first-order valence-electron chi connectivity index (χ1n) is 9.22. The first-order valence-corrected chi connectivity index (χ1v) is 9.22. The number of allylic oxidation sites excluding steroid dienone is 1. The van der Waals surface area contributed by atoms with Crippen LogP contribution in [0.3, 0.4) is 0 Å². The van der Waals surface area contributed by atoms with Crippen molar-refractivity contribution in [2.45, 2.75) is 39.3 Å². The van der Waals surface area contributed by atoms with Crippen molar-refractivity contribution in [2.24, 2.45) is 0 Å². The summed E-state index contributed by atoms with van der Waals surface area (Å²) in [5, 5.41) is 0. The number of anilines is 1. The van der Waals surface area contributed by atoms with E-state index in [0.717, 1.165) is 25.5 Å². The number of nitrogens with zero attached hydrogens (tertiary/aromatic N) is 3. The summed E-state index contributed by atoms with van der Waals surface area (Å²) in [6.45, 7) is 7.63. The predicted octanol–water partition coefficient (Wildman–Crippen LogP) is 4.61. The molecule has 3 rings (SSSR count). The van der Waals surface area contributed by atoms with Crippen LogP contribution in [0.4, 0.5) is 5.82 Å². The first kappa shape index (κ1) is 17.7. The Hall–Kier alpha value is -2.13. The molecule has 3 nitrogen and oxygen atoms in total. The molecule has 2 aromatic rings. The highest BCUT2D eigenvalue weighted by molar-refractivity contribution is 5.65. The Morgan fingerprint density at radius 2 is 1.84 bits per heavy atom. The Bertz CT molecular complexity index is 696. The van der Waals surface area contributed by atoms with Crippen LogP contribution in [0.25, 0.3) is 6.08 Å². The third-order valence-electron chi connectivity index (χ3n) is 4.95. The van der Waals surface area contributed by atoms with Crippen LogP contribution in [0.15, 0.2) is 54.2 Å². The summed E-state index contributed by atoms with van der Waals surface area (Å²) in [6.07, 6.45) is 6.50. The summed E-state index contributed by atoms with van der Waals surface area (Å²) in [5.74, 6) is 1.10. The fourth-order valence-electron chi connectivity index (χ4n) is 3.61. The molecule has 0 unspecified atom stereocenters. The van der Waals surface area contributed by atoms with Crippen molar-refractivity contribution in [3.8, 4) is 0 Å². The zero-order valence-corrected chi connectivity index (χ0v) is 15.7. The molecule has 1 saturated heterocycles. The van der Waals surface area contributed by atoms with Gasteiger partial charge in [0.1, 0.15) is 5.82 Å². The van der Waals surface area contributed by atoms with Gasteiger partial charge in [0.05, 0.1) is 0 Å². The van der Waals surface area contributed by atoms with E-state index >= 15 is 0 Å². The molecule has 0 atom stereocenters. The standard InChI is InChI=1S/C22H29N3/c1-18(2)16-20-10-7-13-23-22(20)24(3)21-11-14-25(15-12-21)17-19-8-5-4-6-9-19/h4-10,13,16,21H,11-12,14-15,17H2,1-3H3. The highest BCUT2D eigenvalue weighted by Gasteiger charge is 2.24. The van der Waals surface area contributed by atoms with Crippen LogP contribution in [0.1, 0.15) is 37.8 Å². The van der Waals surface area contributed by atoms with Crippen LogP contribution in [-0.2, 0) is 6.54 Å². The van der Waals surface area contributed by atoms with Gasteiger partial charge in [0, 0.05) is 44.5 Å². The maximum Gasteiger partial charge on any atom is 0.135 e. The molecule has 0 bridgehead atoms. The molecule has 0 saturated carbocycles. The van der Waals surface area contributed by atoms with Crippen molar-refractivity contribution in [3.63, 3.8) is 0 Å². The topological polar surface area (TPSA) is 19.4 Å². The van der Waals surface area contributed by atoms with Gasteiger partial charge in [-0.3, -0.25) is 4.90 Å². The average Bonchev–Trinajstić information content (AvgIpc) is 2.63. The molecule has 1 fully saturated rings. The predicted molar refractivity (Wildman–Crippen MR) is 107 cm³/mol. The second-order valence-corrected chi connectivity index (χ2v) is 7.24. The highest BCUT2D eigenvalue weighted by Crippen LogP contribution is 2.25. The molecular formula is C22H29N3. The van der Waals surface area contributed by atoms with Gasteiger partial charge < -0.3 is 4.90 Å². The largest absolute Gasteiger partial charge is 0.356 e. The first-order chi connectivity index (χ1) is 12.1. The maximum absolute atomic E-state index is 4.66. The van der Waals surface area contributed by atoms with Crippen LogP contribution in [0, 0.1) is 0 Å². The van der Waals surface area contributed by atoms with Crippen molar-refractivity contribution in [3.05, 3.63) is 65.4 Å². The van der Waals surface area contributed by atoms with Crippen molar-refractivity contribution >= 4 is 11.9 Å². The molecule has 0 amide bonds. The number of pyridine rings is 1. The van der Waals surface area contributed by atoms with E-state index in [2.05, 4.69) is 78.2 Å². The molecular weight excluding hydrogens is 306 g/mol. The van der Waals surface area contributed by atoms with Gasteiger partial charge in [0.2, 0.25) is 0 Å². The van der Waals surface area contributed by atoms with Gasteiger partial charge in [-0.1, -0.05) is 42.0 Å². The zero-order valence-electron chi connectivity index (χ0n) is 15.7. The van der Waals surface area contributed by atoms with Crippen molar-refractivity contribution in [2.75, 3.05) is 25.0 Å². The summed E-state index contributed by atoms with van der Waals surface area (Å²) in [4.78, 5) is 9.61. The number of hydrogen-bond donors (Lipinski definition) is 0. The minimum absolute atomic E-state index is 0.561. The Balaban J connectivity index is 1.62. The molecule has 2 heterocycles. The van der Waals surface area contributed by atoms with Crippen LogP contribution >= 0.6 is 0 Å². The number of piperidine rings is 1. The number of benzene rings is 1. The third kappa shape index (κ3) is 4.70. The molecule has 1 aromatic carbocycles. The van der Waals surface area contributed by atoms with Crippen LogP contribution in [-0.4, -0.2) is 36.1 Å². The molecule has 132 valence electrons. The molecule has 1 aromatic heterocycles. The van der Waals surface area contributed by atoms with Gasteiger partial charge in [0.15, 0.2) is 0 Å². The summed E-state index contributed by atoms with van der Waals surface area (Å²) < 4.78 is 0. The Labute approximate surface area is 152 Å². The van der Waals surface area contributed by atoms with E-state index in [1.165, 1.54) is 29.5 Å². The number of aromatic nitrogens is 1. The smallest absolute Gasteiger partial charge is 0.135 e. The molecule has 0 radical (unpaired) electrons. The van der Waals surface area contributed by atoms with Crippen LogP contribution in [0.2, 0.25) is 0 Å². The monoisotopic (exact) mass is 335 g/mol. The van der Waals surface area contributed by atoms with Crippen molar-refractivity contribution < 1.29 is 0 Å². The van der Waals surface area contributed by atoms with Gasteiger partial charge in [-0.2, -0.15) is 0 Å². The van der Waals surface area contributed by atoms with E-state index in [4.69, 9.17) is 0 Å². The SMILES string of the molecule is CC(C)=Cc1cccnc1N(C)C1CCN(Cc2ccccc2)CC1.